The van der Waals surface area contributed by atoms with E-state index in [0.29, 0.717) is 11.1 Å². The van der Waals surface area contributed by atoms with Gasteiger partial charge in [0.15, 0.2) is 6.10 Å². The fourth-order valence-corrected chi connectivity index (χ4v) is 1.42. The van der Waals surface area contributed by atoms with E-state index in [4.69, 9.17) is 5.11 Å². The molecular weight excluding hydrogens is 193 g/mol. The lowest BCUT2D eigenvalue weighted by Crippen LogP contribution is -2.21. The summed E-state index contributed by atoms with van der Waals surface area (Å²) in [6, 6.07) is 4.77. The summed E-state index contributed by atoms with van der Waals surface area (Å²) < 4.78 is 36.7. The number of hydrogen-bond donors (Lipinski definition) is 1. The van der Waals surface area contributed by atoms with Crippen molar-refractivity contribution in [3.8, 4) is 0 Å². The quantitative estimate of drug-likeness (QED) is 0.745. The smallest absolute Gasteiger partial charge is 0.379 e. The van der Waals surface area contributed by atoms with Crippen LogP contribution in [0.25, 0.3) is 0 Å². The molecule has 1 atom stereocenters. The number of aryl methyl sites for hydroxylation is 2. The lowest BCUT2D eigenvalue weighted by molar-refractivity contribution is -0.207. The minimum atomic E-state index is -4.60. The van der Waals surface area contributed by atoms with Gasteiger partial charge in [-0.2, -0.15) is 13.2 Å². The second-order valence-corrected chi connectivity index (χ2v) is 3.25. The maximum absolute atomic E-state index is 12.2. The molecule has 0 fully saturated rings. The van der Waals surface area contributed by atoms with Crippen molar-refractivity contribution >= 4 is 0 Å². The van der Waals surface area contributed by atoms with Crippen molar-refractivity contribution in [2.45, 2.75) is 26.1 Å². The Kier molecular flexibility index (Phi) is 2.85. The van der Waals surface area contributed by atoms with Gasteiger partial charge in [0, 0.05) is 0 Å². The molecule has 1 aromatic rings. The molecule has 1 nitrogen and oxygen atoms in total. The van der Waals surface area contributed by atoms with Gasteiger partial charge in [0.25, 0.3) is 0 Å². The summed E-state index contributed by atoms with van der Waals surface area (Å²) >= 11 is 0. The van der Waals surface area contributed by atoms with Crippen LogP contribution in [-0.2, 0) is 0 Å². The summed E-state index contributed by atoms with van der Waals surface area (Å²) in [6.45, 7) is 3.11. The van der Waals surface area contributed by atoms with Gasteiger partial charge in [0.05, 0.1) is 0 Å². The number of aliphatic hydroxyl groups excluding tert-OH is 1. The monoisotopic (exact) mass is 204 g/mol. The van der Waals surface area contributed by atoms with Crippen LogP contribution < -0.4 is 0 Å². The highest BCUT2D eigenvalue weighted by molar-refractivity contribution is 5.35. The summed E-state index contributed by atoms with van der Waals surface area (Å²) in [5.74, 6) is 0. The predicted molar refractivity (Wildman–Crippen MR) is 46.9 cm³/mol. The highest BCUT2D eigenvalue weighted by Crippen LogP contribution is 2.35. The van der Waals surface area contributed by atoms with Crippen LogP contribution in [-0.4, -0.2) is 11.3 Å². The summed E-state index contributed by atoms with van der Waals surface area (Å²) in [6.07, 6.45) is -6.99. The van der Waals surface area contributed by atoms with Crippen LogP contribution in [0.1, 0.15) is 22.8 Å². The van der Waals surface area contributed by atoms with E-state index in [0.717, 1.165) is 0 Å². The maximum atomic E-state index is 12.2. The molecule has 1 aromatic carbocycles. The number of hydrogen-bond acceptors (Lipinski definition) is 1. The zero-order valence-electron chi connectivity index (χ0n) is 7.89. The van der Waals surface area contributed by atoms with Crippen LogP contribution >= 0.6 is 0 Å². The van der Waals surface area contributed by atoms with Crippen LogP contribution in [0.4, 0.5) is 13.2 Å². The Morgan fingerprint density at radius 1 is 1.14 bits per heavy atom. The van der Waals surface area contributed by atoms with Crippen LogP contribution in [0.5, 0.6) is 0 Å². The van der Waals surface area contributed by atoms with Gasteiger partial charge in [-0.15, -0.1) is 0 Å². The Hall–Kier alpha value is -1.03. The van der Waals surface area contributed by atoms with E-state index in [1.807, 2.05) is 0 Å². The second kappa shape index (κ2) is 3.61. The standard InChI is InChI=1S/C10H11F3O/c1-6-4-3-5-7(2)8(6)9(14)10(11,12)13/h3-5,9,14H,1-2H3/t9-/m0/s1. The molecule has 0 amide bonds. The van der Waals surface area contributed by atoms with Gasteiger partial charge in [-0.25, -0.2) is 0 Å². The fraction of sp³-hybridized carbons (Fsp3) is 0.400. The highest BCUT2D eigenvalue weighted by atomic mass is 19.4. The summed E-state index contributed by atoms with van der Waals surface area (Å²) in [5, 5.41) is 9.09. The van der Waals surface area contributed by atoms with Gasteiger partial charge in [-0.1, -0.05) is 18.2 Å². The van der Waals surface area contributed by atoms with E-state index in [-0.39, 0.29) is 5.56 Å². The number of aliphatic hydroxyl groups is 1. The zero-order valence-corrected chi connectivity index (χ0v) is 7.89. The second-order valence-electron chi connectivity index (χ2n) is 3.25. The van der Waals surface area contributed by atoms with Crippen LogP contribution in [0, 0.1) is 13.8 Å². The third-order valence-electron chi connectivity index (χ3n) is 2.13. The molecule has 78 valence electrons. The molecule has 1 N–H and O–H groups in total. The van der Waals surface area contributed by atoms with Crippen LogP contribution in [0.3, 0.4) is 0 Å². The molecule has 0 saturated heterocycles. The van der Waals surface area contributed by atoms with E-state index in [9.17, 15) is 13.2 Å². The van der Waals surface area contributed by atoms with Gasteiger partial charge in [-0.3, -0.25) is 0 Å². The highest BCUT2D eigenvalue weighted by Gasteiger charge is 2.40. The largest absolute Gasteiger partial charge is 0.418 e. The minimum Gasteiger partial charge on any atom is -0.379 e. The van der Waals surface area contributed by atoms with E-state index < -0.39 is 12.3 Å². The molecule has 1 rings (SSSR count). The molecule has 0 spiro atoms. The van der Waals surface area contributed by atoms with Gasteiger partial charge in [0.2, 0.25) is 0 Å². The van der Waals surface area contributed by atoms with Crippen molar-refractivity contribution in [2.75, 3.05) is 0 Å². The maximum Gasteiger partial charge on any atom is 0.418 e. The lowest BCUT2D eigenvalue weighted by atomic mass is 9.98. The third kappa shape index (κ3) is 2.07. The molecule has 0 aliphatic carbocycles. The van der Waals surface area contributed by atoms with Crippen molar-refractivity contribution < 1.29 is 18.3 Å². The molecule has 0 aliphatic heterocycles. The first-order chi connectivity index (χ1) is 6.34. The molecule has 0 bridgehead atoms. The van der Waals surface area contributed by atoms with E-state index in [1.165, 1.54) is 0 Å². The number of rotatable bonds is 1. The SMILES string of the molecule is Cc1cccc(C)c1[C@H](O)C(F)(F)F. The van der Waals surface area contributed by atoms with E-state index in [2.05, 4.69) is 0 Å². The molecule has 0 unspecified atom stereocenters. The van der Waals surface area contributed by atoms with Gasteiger partial charge >= 0.3 is 6.18 Å². The lowest BCUT2D eigenvalue weighted by Gasteiger charge is -2.18. The number of alkyl halides is 3. The Bertz CT molecular complexity index is 310. The Morgan fingerprint density at radius 2 is 1.57 bits per heavy atom. The molecule has 0 aliphatic rings. The normalized spacial score (nSPS) is 14.1. The summed E-state index contributed by atoms with van der Waals surface area (Å²) in [4.78, 5) is 0. The Balaban J connectivity index is 3.19. The van der Waals surface area contributed by atoms with Crippen molar-refractivity contribution in [1.82, 2.24) is 0 Å². The van der Waals surface area contributed by atoms with Gasteiger partial charge in [0.1, 0.15) is 0 Å². The average Bonchev–Trinajstić information content (AvgIpc) is 2.01. The van der Waals surface area contributed by atoms with Crippen molar-refractivity contribution in [3.63, 3.8) is 0 Å². The zero-order chi connectivity index (χ0) is 10.9. The van der Waals surface area contributed by atoms with Crippen molar-refractivity contribution in [1.29, 1.82) is 0 Å². The van der Waals surface area contributed by atoms with E-state index >= 15 is 0 Å². The Labute approximate surface area is 80.2 Å². The van der Waals surface area contributed by atoms with Crippen LogP contribution in [0.2, 0.25) is 0 Å². The first kappa shape index (κ1) is 11.0. The third-order valence-corrected chi connectivity index (χ3v) is 2.13. The Morgan fingerprint density at radius 3 is 1.93 bits per heavy atom. The molecule has 14 heavy (non-hydrogen) atoms. The molecular formula is C10H11F3O. The van der Waals surface area contributed by atoms with Crippen molar-refractivity contribution in [2.24, 2.45) is 0 Å². The van der Waals surface area contributed by atoms with E-state index in [1.54, 1.807) is 32.0 Å². The minimum absolute atomic E-state index is 0.0417. The molecule has 0 heterocycles. The molecule has 0 saturated carbocycles. The first-order valence-corrected chi connectivity index (χ1v) is 4.15. The van der Waals surface area contributed by atoms with Crippen molar-refractivity contribution in [3.05, 3.63) is 34.9 Å². The van der Waals surface area contributed by atoms with Crippen LogP contribution in [0.15, 0.2) is 18.2 Å². The molecule has 0 radical (unpaired) electrons. The summed E-state index contributed by atoms with van der Waals surface area (Å²) in [7, 11) is 0. The van der Waals surface area contributed by atoms with Gasteiger partial charge in [-0.05, 0) is 30.5 Å². The predicted octanol–water partition coefficient (Wildman–Crippen LogP) is 2.90. The number of benzene rings is 1. The molecule has 0 aromatic heterocycles. The topological polar surface area (TPSA) is 20.2 Å². The van der Waals surface area contributed by atoms with Gasteiger partial charge < -0.3 is 5.11 Å². The fourth-order valence-electron chi connectivity index (χ4n) is 1.42. The average molecular weight is 204 g/mol. The number of halogens is 3. The summed E-state index contributed by atoms with van der Waals surface area (Å²) in [5.41, 5.74) is 0.865. The molecule has 4 heteroatoms. The first-order valence-electron chi connectivity index (χ1n) is 4.15.